The lowest BCUT2D eigenvalue weighted by molar-refractivity contribution is 0.440. The van der Waals surface area contributed by atoms with Crippen LogP contribution in [0.5, 0.6) is 0 Å². The average molecular weight is 260 g/mol. The third-order valence-electron chi connectivity index (χ3n) is 2.83. The summed E-state index contributed by atoms with van der Waals surface area (Å²) in [4.78, 5) is 0.237. The molecule has 0 aliphatic carbocycles. The van der Waals surface area contributed by atoms with Crippen molar-refractivity contribution in [1.29, 1.82) is 0 Å². The molecular weight excluding hydrogens is 240 g/mol. The maximum Gasteiger partial charge on any atom is 0.246 e. The van der Waals surface area contributed by atoms with E-state index in [4.69, 9.17) is 10.2 Å². The van der Waals surface area contributed by atoms with Crippen LogP contribution in [0.2, 0.25) is 0 Å². The second-order valence-electron chi connectivity index (χ2n) is 3.82. The normalized spacial score (nSPS) is 12.4. The fourth-order valence-corrected chi connectivity index (χ4v) is 3.86. The molecule has 1 heterocycles. The number of hydrogen-bond acceptors (Lipinski definition) is 4. The third-order valence-corrected chi connectivity index (χ3v) is 5.08. The molecule has 5 nitrogen and oxygen atoms in total. The Morgan fingerprint density at radius 1 is 1.18 bits per heavy atom. The Morgan fingerprint density at radius 3 is 2.12 bits per heavy atom. The van der Waals surface area contributed by atoms with E-state index in [9.17, 15) is 8.42 Å². The van der Waals surface area contributed by atoms with Gasteiger partial charge in [-0.25, -0.2) is 8.42 Å². The minimum atomic E-state index is -3.49. The second kappa shape index (κ2) is 5.20. The summed E-state index contributed by atoms with van der Waals surface area (Å²) in [6.07, 6.45) is 0. The largest absolute Gasteiger partial charge is 0.465 e. The Morgan fingerprint density at radius 2 is 1.71 bits per heavy atom. The average Bonchev–Trinajstić information content (AvgIpc) is 2.54. The molecule has 0 radical (unpaired) electrons. The van der Waals surface area contributed by atoms with Gasteiger partial charge in [-0.05, 0) is 13.8 Å². The summed E-state index contributed by atoms with van der Waals surface area (Å²) in [7, 11) is -3.49. The lowest BCUT2D eigenvalue weighted by Crippen LogP contribution is -2.31. The molecule has 0 aromatic carbocycles. The Kier molecular flexibility index (Phi) is 4.35. The predicted octanol–water partition coefficient (Wildman–Crippen LogP) is 1.39. The maximum absolute atomic E-state index is 12.4. The Balaban J connectivity index is 3.42. The molecule has 1 aromatic rings. The Labute approximate surface area is 103 Å². The lowest BCUT2D eigenvalue weighted by atomic mass is 10.2. The summed E-state index contributed by atoms with van der Waals surface area (Å²) < 4.78 is 31.6. The monoisotopic (exact) mass is 260 g/mol. The molecule has 0 saturated heterocycles. The van der Waals surface area contributed by atoms with Crippen molar-refractivity contribution >= 4 is 10.0 Å². The molecule has 17 heavy (non-hydrogen) atoms. The predicted molar refractivity (Wildman–Crippen MR) is 66.2 cm³/mol. The van der Waals surface area contributed by atoms with Gasteiger partial charge >= 0.3 is 0 Å². The number of sulfonamides is 1. The first-order valence-corrected chi connectivity index (χ1v) is 7.13. The second-order valence-corrected chi connectivity index (χ2v) is 5.69. The van der Waals surface area contributed by atoms with E-state index in [1.54, 1.807) is 13.8 Å². The van der Waals surface area contributed by atoms with Crippen LogP contribution < -0.4 is 5.73 Å². The van der Waals surface area contributed by atoms with Crippen molar-refractivity contribution in [3.05, 3.63) is 17.1 Å². The summed E-state index contributed by atoms with van der Waals surface area (Å²) in [6, 6.07) is 0. The van der Waals surface area contributed by atoms with E-state index in [1.165, 1.54) is 4.31 Å². The number of aryl methyl sites for hydroxylation is 2. The van der Waals surface area contributed by atoms with E-state index in [1.807, 2.05) is 13.8 Å². The molecule has 0 unspecified atom stereocenters. The zero-order chi connectivity index (χ0) is 13.2. The quantitative estimate of drug-likeness (QED) is 0.867. The van der Waals surface area contributed by atoms with Crippen LogP contribution in [0, 0.1) is 13.8 Å². The van der Waals surface area contributed by atoms with Crippen molar-refractivity contribution in [2.45, 2.75) is 39.1 Å². The number of nitrogens with zero attached hydrogens (tertiary/aromatic N) is 1. The molecule has 2 N–H and O–H groups in total. The van der Waals surface area contributed by atoms with Crippen LogP contribution in [0.25, 0.3) is 0 Å². The molecule has 0 aliphatic heterocycles. The fourth-order valence-electron chi connectivity index (χ4n) is 1.98. The highest BCUT2D eigenvalue weighted by molar-refractivity contribution is 7.89. The van der Waals surface area contributed by atoms with Crippen LogP contribution in [0.3, 0.4) is 0 Å². The SMILES string of the molecule is CCN(CC)S(=O)(=O)c1c(C)oc(C)c1CN. The molecule has 0 bridgehead atoms. The molecule has 1 aromatic heterocycles. The first kappa shape index (κ1) is 14.2. The van der Waals surface area contributed by atoms with E-state index in [0.29, 0.717) is 30.2 Å². The van der Waals surface area contributed by atoms with Crippen LogP contribution in [-0.2, 0) is 16.6 Å². The minimum absolute atomic E-state index is 0.166. The van der Waals surface area contributed by atoms with Crippen LogP contribution in [0.4, 0.5) is 0 Å². The van der Waals surface area contributed by atoms with Gasteiger partial charge in [-0.3, -0.25) is 0 Å². The Hall–Kier alpha value is -0.850. The van der Waals surface area contributed by atoms with Gasteiger partial charge in [0.15, 0.2) is 0 Å². The topological polar surface area (TPSA) is 76.5 Å². The van der Waals surface area contributed by atoms with Crippen molar-refractivity contribution in [2.24, 2.45) is 5.73 Å². The third kappa shape index (κ3) is 2.38. The van der Waals surface area contributed by atoms with Gasteiger partial charge in [0.05, 0.1) is 0 Å². The number of hydrogen-bond donors (Lipinski definition) is 1. The van der Waals surface area contributed by atoms with Crippen molar-refractivity contribution in [3.8, 4) is 0 Å². The lowest BCUT2D eigenvalue weighted by Gasteiger charge is -2.18. The first-order chi connectivity index (χ1) is 7.89. The highest BCUT2D eigenvalue weighted by Crippen LogP contribution is 2.28. The van der Waals surface area contributed by atoms with Gasteiger partial charge in [0.1, 0.15) is 16.4 Å². The standard InChI is InChI=1S/C11H20N2O3S/c1-5-13(6-2)17(14,15)11-9(4)16-8(3)10(11)7-12/h5-7,12H2,1-4H3. The van der Waals surface area contributed by atoms with Gasteiger partial charge in [0.2, 0.25) is 10.0 Å². The molecular formula is C11H20N2O3S. The van der Waals surface area contributed by atoms with Crippen LogP contribution in [0.15, 0.2) is 9.31 Å². The molecule has 0 spiro atoms. The van der Waals surface area contributed by atoms with E-state index in [0.717, 1.165) is 0 Å². The highest BCUT2D eigenvalue weighted by atomic mass is 32.2. The zero-order valence-corrected chi connectivity index (χ0v) is 11.6. The van der Waals surface area contributed by atoms with E-state index in [-0.39, 0.29) is 11.4 Å². The number of rotatable bonds is 5. The summed E-state index contributed by atoms with van der Waals surface area (Å²) >= 11 is 0. The minimum Gasteiger partial charge on any atom is -0.465 e. The highest BCUT2D eigenvalue weighted by Gasteiger charge is 2.30. The van der Waals surface area contributed by atoms with Crippen molar-refractivity contribution < 1.29 is 12.8 Å². The summed E-state index contributed by atoms with van der Waals surface area (Å²) in [5.41, 5.74) is 6.18. The summed E-state index contributed by atoms with van der Waals surface area (Å²) in [5.74, 6) is 0.991. The van der Waals surface area contributed by atoms with Crippen molar-refractivity contribution in [2.75, 3.05) is 13.1 Å². The molecule has 0 fully saturated rings. The summed E-state index contributed by atoms with van der Waals surface area (Å²) in [5, 5.41) is 0. The van der Waals surface area contributed by atoms with Crippen molar-refractivity contribution in [1.82, 2.24) is 4.31 Å². The molecule has 98 valence electrons. The van der Waals surface area contributed by atoms with Gasteiger partial charge < -0.3 is 10.2 Å². The first-order valence-electron chi connectivity index (χ1n) is 5.69. The maximum atomic E-state index is 12.4. The summed E-state index contributed by atoms with van der Waals surface area (Å²) in [6.45, 7) is 8.05. The fraction of sp³-hybridized carbons (Fsp3) is 0.636. The van der Waals surface area contributed by atoms with Crippen LogP contribution in [-0.4, -0.2) is 25.8 Å². The van der Waals surface area contributed by atoms with Gasteiger partial charge in [0.25, 0.3) is 0 Å². The van der Waals surface area contributed by atoms with Crippen LogP contribution in [0.1, 0.15) is 30.9 Å². The number of nitrogens with two attached hydrogens (primary N) is 1. The van der Waals surface area contributed by atoms with E-state index < -0.39 is 10.0 Å². The van der Waals surface area contributed by atoms with E-state index in [2.05, 4.69) is 0 Å². The van der Waals surface area contributed by atoms with Gasteiger partial charge in [0, 0.05) is 25.2 Å². The van der Waals surface area contributed by atoms with Crippen LogP contribution >= 0.6 is 0 Å². The van der Waals surface area contributed by atoms with Crippen molar-refractivity contribution in [3.63, 3.8) is 0 Å². The van der Waals surface area contributed by atoms with Gasteiger partial charge in [-0.15, -0.1) is 0 Å². The molecule has 0 aliphatic rings. The molecule has 0 atom stereocenters. The molecule has 0 amide bonds. The van der Waals surface area contributed by atoms with Gasteiger partial charge in [-0.1, -0.05) is 13.8 Å². The van der Waals surface area contributed by atoms with E-state index >= 15 is 0 Å². The smallest absolute Gasteiger partial charge is 0.246 e. The molecule has 1 rings (SSSR count). The molecule has 6 heteroatoms. The number of furan rings is 1. The molecule has 0 saturated carbocycles. The van der Waals surface area contributed by atoms with Gasteiger partial charge in [-0.2, -0.15) is 4.31 Å². The zero-order valence-electron chi connectivity index (χ0n) is 10.8. The Bertz CT molecular complexity index is 487.